The van der Waals surface area contributed by atoms with E-state index in [4.69, 9.17) is 0 Å². The summed E-state index contributed by atoms with van der Waals surface area (Å²) in [5.41, 5.74) is 0.203. The third-order valence-electron chi connectivity index (χ3n) is 1.60. The minimum Gasteiger partial charge on any atom is -0.164 e. The Morgan fingerprint density at radius 2 is 1.92 bits per heavy atom. The number of rotatable bonds is 2. The van der Waals surface area contributed by atoms with Crippen molar-refractivity contribution >= 4 is 0 Å². The Hall–Kier alpha value is -0.930. The van der Waals surface area contributed by atoms with Crippen LogP contribution in [0.2, 0.25) is 0 Å². The molecule has 0 saturated heterocycles. The topological polar surface area (TPSA) is 43.6 Å². The quantitative estimate of drug-likeness (QED) is 0.701. The largest absolute Gasteiger partial charge is 0.177 e. The normalized spacial score (nSPS) is 12.5. The monoisotopic (exact) mass is 182 g/mol. The predicted molar refractivity (Wildman–Crippen MR) is 51.4 cm³/mol. The van der Waals surface area contributed by atoms with Crippen LogP contribution < -0.4 is 0 Å². The molecule has 0 aliphatic rings. The van der Waals surface area contributed by atoms with Gasteiger partial charge in [0.05, 0.1) is 6.54 Å². The summed E-state index contributed by atoms with van der Waals surface area (Å²) in [6.07, 6.45) is 0. The number of hydrogen-bond acceptors (Lipinski definition) is 3. The van der Waals surface area contributed by atoms with Gasteiger partial charge in [-0.25, -0.2) is 0 Å². The first-order valence-corrected chi connectivity index (χ1v) is 4.66. The van der Waals surface area contributed by atoms with Crippen molar-refractivity contribution in [2.24, 2.45) is 5.41 Å². The van der Waals surface area contributed by atoms with Gasteiger partial charge in [-0.3, -0.25) is 0 Å². The van der Waals surface area contributed by atoms with Gasteiger partial charge in [-0.2, -0.15) is 4.80 Å². The zero-order valence-electron chi connectivity index (χ0n) is 9.07. The Labute approximate surface area is 79.3 Å². The second-order valence-electron chi connectivity index (χ2n) is 4.89. The van der Waals surface area contributed by atoms with Crippen molar-refractivity contribution in [3.05, 3.63) is 5.82 Å². The fourth-order valence-electron chi connectivity index (χ4n) is 0.978. The minimum absolute atomic E-state index is 0.203. The molecule has 13 heavy (non-hydrogen) atoms. The van der Waals surface area contributed by atoms with Crippen molar-refractivity contribution in [2.75, 3.05) is 0 Å². The van der Waals surface area contributed by atoms with Crippen LogP contribution in [0.5, 0.6) is 0 Å². The van der Waals surface area contributed by atoms with Crippen molar-refractivity contribution in [3.8, 4) is 0 Å². The summed E-state index contributed by atoms with van der Waals surface area (Å²) < 4.78 is 0. The Balaban J connectivity index is 2.70. The molecular weight excluding hydrogens is 164 g/mol. The summed E-state index contributed by atoms with van der Waals surface area (Å²) in [5.74, 6) is 1.18. The van der Waals surface area contributed by atoms with E-state index >= 15 is 0 Å². The highest BCUT2D eigenvalue weighted by Gasteiger charge is 2.14. The standard InChI is InChI=1S/C9H18N4/c1-7(2)8-10-12-13(11-8)6-9(3,4)5/h7H,6H2,1-5H3. The fourth-order valence-corrected chi connectivity index (χ4v) is 0.978. The van der Waals surface area contributed by atoms with Gasteiger partial charge in [0.25, 0.3) is 0 Å². The molecule has 0 fully saturated rings. The lowest BCUT2D eigenvalue weighted by Gasteiger charge is -2.15. The van der Waals surface area contributed by atoms with Gasteiger partial charge in [0.1, 0.15) is 0 Å². The van der Waals surface area contributed by atoms with E-state index in [1.54, 1.807) is 4.80 Å². The molecule has 0 atom stereocenters. The zero-order valence-corrected chi connectivity index (χ0v) is 9.07. The Bertz CT molecular complexity index is 269. The molecule has 1 rings (SSSR count). The third-order valence-corrected chi connectivity index (χ3v) is 1.60. The number of aromatic nitrogens is 4. The van der Waals surface area contributed by atoms with Crippen LogP contribution >= 0.6 is 0 Å². The van der Waals surface area contributed by atoms with Gasteiger partial charge in [0, 0.05) is 5.92 Å². The van der Waals surface area contributed by atoms with Crippen LogP contribution in [0.1, 0.15) is 46.4 Å². The van der Waals surface area contributed by atoms with E-state index in [-0.39, 0.29) is 5.41 Å². The van der Waals surface area contributed by atoms with Gasteiger partial charge in [-0.15, -0.1) is 10.2 Å². The molecule has 1 aromatic heterocycles. The van der Waals surface area contributed by atoms with Gasteiger partial charge in [0.2, 0.25) is 0 Å². The van der Waals surface area contributed by atoms with Crippen LogP contribution in [0.3, 0.4) is 0 Å². The average Bonchev–Trinajstić information content (AvgIpc) is 2.31. The van der Waals surface area contributed by atoms with Gasteiger partial charge in [-0.05, 0) is 10.6 Å². The van der Waals surface area contributed by atoms with Crippen LogP contribution in [-0.4, -0.2) is 20.2 Å². The fraction of sp³-hybridized carbons (Fsp3) is 0.889. The molecule has 0 spiro atoms. The van der Waals surface area contributed by atoms with E-state index in [1.807, 2.05) is 0 Å². The van der Waals surface area contributed by atoms with E-state index in [1.165, 1.54) is 0 Å². The Morgan fingerprint density at radius 1 is 1.31 bits per heavy atom. The van der Waals surface area contributed by atoms with Gasteiger partial charge in [0.15, 0.2) is 5.82 Å². The lowest BCUT2D eigenvalue weighted by Crippen LogP contribution is -2.17. The molecule has 0 aliphatic heterocycles. The van der Waals surface area contributed by atoms with Gasteiger partial charge >= 0.3 is 0 Å². The van der Waals surface area contributed by atoms with E-state index in [0.29, 0.717) is 5.92 Å². The molecule has 0 saturated carbocycles. The summed E-state index contributed by atoms with van der Waals surface area (Å²) >= 11 is 0. The van der Waals surface area contributed by atoms with E-state index in [9.17, 15) is 0 Å². The second kappa shape index (κ2) is 3.44. The summed E-state index contributed by atoms with van der Waals surface area (Å²) in [4.78, 5) is 1.68. The van der Waals surface area contributed by atoms with Crippen molar-refractivity contribution in [1.82, 2.24) is 20.2 Å². The highest BCUT2D eigenvalue weighted by molar-refractivity contribution is 4.84. The van der Waals surface area contributed by atoms with Crippen LogP contribution in [0, 0.1) is 5.41 Å². The highest BCUT2D eigenvalue weighted by Crippen LogP contribution is 2.15. The minimum atomic E-state index is 0.203. The van der Waals surface area contributed by atoms with Crippen LogP contribution in [-0.2, 0) is 6.54 Å². The summed E-state index contributed by atoms with van der Waals surface area (Å²) in [7, 11) is 0. The maximum absolute atomic E-state index is 4.29. The smallest absolute Gasteiger partial charge is 0.164 e. The van der Waals surface area contributed by atoms with Gasteiger partial charge in [-0.1, -0.05) is 34.6 Å². The maximum atomic E-state index is 4.29. The van der Waals surface area contributed by atoms with Crippen molar-refractivity contribution in [2.45, 2.75) is 47.1 Å². The second-order valence-corrected chi connectivity index (χ2v) is 4.89. The van der Waals surface area contributed by atoms with Crippen molar-refractivity contribution in [1.29, 1.82) is 0 Å². The first kappa shape index (κ1) is 10.2. The molecule has 0 amide bonds. The van der Waals surface area contributed by atoms with Crippen molar-refractivity contribution < 1.29 is 0 Å². The average molecular weight is 182 g/mol. The molecule has 1 heterocycles. The molecule has 4 nitrogen and oxygen atoms in total. The van der Waals surface area contributed by atoms with E-state index in [0.717, 1.165) is 12.4 Å². The van der Waals surface area contributed by atoms with E-state index in [2.05, 4.69) is 50.0 Å². The summed E-state index contributed by atoms with van der Waals surface area (Å²) in [6.45, 7) is 11.4. The Kier molecular flexibility index (Phi) is 2.68. The molecule has 0 radical (unpaired) electrons. The van der Waals surface area contributed by atoms with Crippen molar-refractivity contribution in [3.63, 3.8) is 0 Å². The first-order chi connectivity index (χ1) is 5.88. The van der Waals surface area contributed by atoms with Crippen LogP contribution in [0.4, 0.5) is 0 Å². The first-order valence-electron chi connectivity index (χ1n) is 4.66. The molecule has 74 valence electrons. The lowest BCUT2D eigenvalue weighted by molar-refractivity contribution is 0.299. The molecule has 0 N–H and O–H groups in total. The summed E-state index contributed by atoms with van der Waals surface area (Å²) in [5, 5.41) is 12.3. The van der Waals surface area contributed by atoms with Gasteiger partial charge < -0.3 is 0 Å². The maximum Gasteiger partial charge on any atom is 0.177 e. The summed E-state index contributed by atoms with van der Waals surface area (Å²) in [6, 6.07) is 0. The number of nitrogens with zero attached hydrogens (tertiary/aromatic N) is 4. The zero-order chi connectivity index (χ0) is 10.1. The predicted octanol–water partition coefficient (Wildman–Crippen LogP) is 1.84. The molecule has 0 aliphatic carbocycles. The molecule has 0 bridgehead atoms. The highest BCUT2D eigenvalue weighted by atomic mass is 15.6. The van der Waals surface area contributed by atoms with Crippen LogP contribution in [0.25, 0.3) is 0 Å². The van der Waals surface area contributed by atoms with Crippen LogP contribution in [0.15, 0.2) is 0 Å². The molecule has 0 unspecified atom stereocenters. The molecule has 4 heteroatoms. The Morgan fingerprint density at radius 3 is 2.31 bits per heavy atom. The third kappa shape index (κ3) is 3.13. The number of tetrazole rings is 1. The SMILES string of the molecule is CC(C)c1nnn(CC(C)(C)C)n1. The number of hydrogen-bond donors (Lipinski definition) is 0. The lowest BCUT2D eigenvalue weighted by atomic mass is 9.97. The molecular formula is C9H18N4. The molecule has 0 aromatic carbocycles. The molecule has 1 aromatic rings. The van der Waals surface area contributed by atoms with E-state index < -0.39 is 0 Å².